The molecule has 1 atom stereocenters. The van der Waals surface area contributed by atoms with Crippen molar-refractivity contribution in [2.45, 2.75) is 16.6 Å². The van der Waals surface area contributed by atoms with E-state index in [2.05, 4.69) is 10.6 Å². The Morgan fingerprint density at radius 3 is 2.26 bits per heavy atom. The summed E-state index contributed by atoms with van der Waals surface area (Å²) in [4.78, 5) is 27.1. The molecule has 0 bridgehead atoms. The lowest BCUT2D eigenvalue weighted by molar-refractivity contribution is -0.116. The molecule has 5 rings (SSSR count). The lowest BCUT2D eigenvalue weighted by Gasteiger charge is -2.18. The Labute approximate surface area is 231 Å². The second-order valence-electron chi connectivity index (χ2n) is 8.80. The molecular formula is C32H25ClN2O2S. The minimum Gasteiger partial charge on any atom is -0.326 e. The molecule has 5 aromatic carbocycles. The smallest absolute Gasteiger partial charge is 0.242 e. The normalized spacial score (nSPS) is 11.6. The Morgan fingerprint density at radius 2 is 1.45 bits per heavy atom. The topological polar surface area (TPSA) is 58.2 Å². The van der Waals surface area contributed by atoms with Gasteiger partial charge in [0.1, 0.15) is 5.25 Å². The number of nitrogens with one attached hydrogen (secondary N) is 2. The fourth-order valence-corrected chi connectivity index (χ4v) is 5.42. The van der Waals surface area contributed by atoms with E-state index in [0.717, 1.165) is 32.5 Å². The molecule has 0 fully saturated rings. The highest BCUT2D eigenvalue weighted by atomic mass is 35.5. The fourth-order valence-electron chi connectivity index (χ4n) is 4.21. The van der Waals surface area contributed by atoms with Crippen molar-refractivity contribution in [1.29, 1.82) is 0 Å². The summed E-state index contributed by atoms with van der Waals surface area (Å²) in [7, 11) is 0. The number of hydrogen-bond acceptors (Lipinski definition) is 3. The molecule has 0 aliphatic rings. The van der Waals surface area contributed by atoms with E-state index < -0.39 is 5.25 Å². The predicted molar refractivity (Wildman–Crippen MR) is 158 cm³/mol. The Kier molecular flexibility index (Phi) is 8.07. The molecule has 2 N–H and O–H groups in total. The standard InChI is InChI=1S/C32H25ClN2O2S/c33-25-18-16-22(17-19-25)20-30(36)34-26-12-7-13-27(21-26)38-31(24-9-2-1-3-10-24)32(37)35-29-15-6-11-23-8-4-5-14-28(23)29/h1-19,21,31H,20H2,(H,34,36)(H,35,37). The van der Waals surface area contributed by atoms with Gasteiger partial charge in [0.05, 0.1) is 6.42 Å². The highest BCUT2D eigenvalue weighted by Crippen LogP contribution is 2.37. The van der Waals surface area contributed by atoms with Gasteiger partial charge in [0, 0.05) is 26.7 Å². The van der Waals surface area contributed by atoms with Crippen LogP contribution in [-0.4, -0.2) is 11.8 Å². The molecular weight excluding hydrogens is 512 g/mol. The van der Waals surface area contributed by atoms with Crippen LogP contribution in [0.2, 0.25) is 5.02 Å². The van der Waals surface area contributed by atoms with Gasteiger partial charge in [0.2, 0.25) is 11.8 Å². The maximum Gasteiger partial charge on any atom is 0.242 e. The van der Waals surface area contributed by atoms with Crippen molar-refractivity contribution >= 4 is 57.3 Å². The first kappa shape index (κ1) is 25.6. The van der Waals surface area contributed by atoms with E-state index in [9.17, 15) is 9.59 Å². The van der Waals surface area contributed by atoms with Crippen LogP contribution in [0, 0.1) is 0 Å². The quantitative estimate of drug-likeness (QED) is 0.197. The minimum atomic E-state index is -0.491. The molecule has 5 aromatic rings. The highest BCUT2D eigenvalue weighted by Gasteiger charge is 2.23. The Bertz CT molecular complexity index is 1570. The molecule has 38 heavy (non-hydrogen) atoms. The van der Waals surface area contributed by atoms with Gasteiger partial charge < -0.3 is 10.6 Å². The third kappa shape index (κ3) is 6.43. The minimum absolute atomic E-state index is 0.116. The van der Waals surface area contributed by atoms with Gasteiger partial charge >= 0.3 is 0 Å². The summed E-state index contributed by atoms with van der Waals surface area (Å²) in [6.45, 7) is 0. The van der Waals surface area contributed by atoms with E-state index in [4.69, 9.17) is 11.6 Å². The molecule has 0 heterocycles. The number of carbonyl (C=O) groups is 2. The van der Waals surface area contributed by atoms with Crippen molar-refractivity contribution in [2.75, 3.05) is 10.6 Å². The zero-order chi connectivity index (χ0) is 26.3. The van der Waals surface area contributed by atoms with Crippen molar-refractivity contribution in [3.8, 4) is 0 Å². The van der Waals surface area contributed by atoms with Gasteiger partial charge in [0.15, 0.2) is 0 Å². The fraction of sp³-hybridized carbons (Fsp3) is 0.0625. The molecule has 0 radical (unpaired) electrons. The molecule has 0 aliphatic heterocycles. The van der Waals surface area contributed by atoms with Gasteiger partial charge in [-0.1, -0.05) is 96.5 Å². The number of benzene rings is 5. The van der Waals surface area contributed by atoms with Gasteiger partial charge in [-0.05, 0) is 52.9 Å². The number of fused-ring (bicyclic) bond motifs is 1. The number of carbonyl (C=O) groups excluding carboxylic acids is 2. The molecule has 4 nitrogen and oxygen atoms in total. The second kappa shape index (κ2) is 12.0. The lowest BCUT2D eigenvalue weighted by atomic mass is 10.1. The summed E-state index contributed by atoms with van der Waals surface area (Å²) in [5, 5.41) is 8.31. The van der Waals surface area contributed by atoms with Crippen LogP contribution in [0.4, 0.5) is 11.4 Å². The summed E-state index contributed by atoms with van der Waals surface area (Å²) in [6, 6.07) is 38.4. The van der Waals surface area contributed by atoms with Crippen LogP contribution in [0.25, 0.3) is 10.8 Å². The van der Waals surface area contributed by atoms with E-state index in [0.29, 0.717) is 10.7 Å². The largest absolute Gasteiger partial charge is 0.326 e. The average Bonchev–Trinajstić information content (AvgIpc) is 2.94. The van der Waals surface area contributed by atoms with Gasteiger partial charge in [-0.15, -0.1) is 11.8 Å². The van der Waals surface area contributed by atoms with Crippen molar-refractivity contribution < 1.29 is 9.59 Å². The first-order valence-electron chi connectivity index (χ1n) is 12.2. The van der Waals surface area contributed by atoms with Crippen LogP contribution in [0.3, 0.4) is 0 Å². The highest BCUT2D eigenvalue weighted by molar-refractivity contribution is 8.00. The number of anilines is 2. The number of hydrogen-bond donors (Lipinski definition) is 2. The van der Waals surface area contributed by atoms with Crippen molar-refractivity contribution in [3.05, 3.63) is 137 Å². The lowest BCUT2D eigenvalue weighted by Crippen LogP contribution is -2.19. The summed E-state index contributed by atoms with van der Waals surface area (Å²) in [5.74, 6) is -0.238. The monoisotopic (exact) mass is 536 g/mol. The average molecular weight is 537 g/mol. The molecule has 188 valence electrons. The van der Waals surface area contributed by atoms with E-state index in [1.165, 1.54) is 11.8 Å². The maximum atomic E-state index is 13.6. The molecule has 6 heteroatoms. The van der Waals surface area contributed by atoms with Crippen molar-refractivity contribution in [1.82, 2.24) is 0 Å². The van der Waals surface area contributed by atoms with Crippen LogP contribution in [0.15, 0.2) is 126 Å². The maximum absolute atomic E-state index is 13.6. The number of halogens is 1. The van der Waals surface area contributed by atoms with E-state index in [-0.39, 0.29) is 18.2 Å². The summed E-state index contributed by atoms with van der Waals surface area (Å²) >= 11 is 7.39. The molecule has 0 aliphatic carbocycles. The van der Waals surface area contributed by atoms with Crippen LogP contribution < -0.4 is 10.6 Å². The van der Waals surface area contributed by atoms with Crippen molar-refractivity contribution in [2.24, 2.45) is 0 Å². The number of rotatable bonds is 8. The van der Waals surface area contributed by atoms with Crippen LogP contribution in [0.5, 0.6) is 0 Å². The second-order valence-corrected chi connectivity index (χ2v) is 10.4. The molecule has 0 saturated heterocycles. The molecule has 0 aromatic heterocycles. The number of thioether (sulfide) groups is 1. The van der Waals surface area contributed by atoms with Gasteiger partial charge in [0.25, 0.3) is 0 Å². The molecule has 0 spiro atoms. The van der Waals surface area contributed by atoms with Gasteiger partial charge in [-0.3, -0.25) is 9.59 Å². The van der Waals surface area contributed by atoms with Crippen LogP contribution in [0.1, 0.15) is 16.4 Å². The van der Waals surface area contributed by atoms with Gasteiger partial charge in [-0.2, -0.15) is 0 Å². The predicted octanol–water partition coefficient (Wildman–Crippen LogP) is 8.15. The van der Waals surface area contributed by atoms with Crippen LogP contribution >= 0.6 is 23.4 Å². The SMILES string of the molecule is O=C(Cc1ccc(Cl)cc1)Nc1cccc(SC(C(=O)Nc2cccc3ccccc23)c2ccccc2)c1. The van der Waals surface area contributed by atoms with Crippen molar-refractivity contribution in [3.63, 3.8) is 0 Å². The number of amides is 2. The van der Waals surface area contributed by atoms with E-state index in [1.54, 1.807) is 12.1 Å². The zero-order valence-electron chi connectivity index (χ0n) is 20.4. The first-order chi connectivity index (χ1) is 18.5. The third-order valence-electron chi connectivity index (χ3n) is 6.04. The summed E-state index contributed by atoms with van der Waals surface area (Å²) in [5.41, 5.74) is 3.23. The molecule has 1 unspecified atom stereocenters. The Balaban J connectivity index is 1.34. The Morgan fingerprint density at radius 1 is 0.737 bits per heavy atom. The first-order valence-corrected chi connectivity index (χ1v) is 13.5. The molecule has 2 amide bonds. The Hall–Kier alpha value is -4.06. The zero-order valence-corrected chi connectivity index (χ0v) is 22.0. The van der Waals surface area contributed by atoms with E-state index in [1.807, 2.05) is 109 Å². The summed E-state index contributed by atoms with van der Waals surface area (Å²) < 4.78 is 0. The third-order valence-corrected chi connectivity index (χ3v) is 7.54. The molecule has 0 saturated carbocycles. The van der Waals surface area contributed by atoms with Crippen LogP contribution in [-0.2, 0) is 16.0 Å². The summed E-state index contributed by atoms with van der Waals surface area (Å²) in [6.07, 6.45) is 0.245. The van der Waals surface area contributed by atoms with Gasteiger partial charge in [-0.25, -0.2) is 0 Å². The van der Waals surface area contributed by atoms with E-state index >= 15 is 0 Å².